The third-order valence-electron chi connectivity index (χ3n) is 3.38. The molecule has 9 heteroatoms. The molecule has 8 nitrogen and oxygen atoms in total. The Balaban J connectivity index is 1.87. The number of hydrogen-bond acceptors (Lipinski definition) is 5. The molecule has 0 heterocycles. The Labute approximate surface area is 160 Å². The Morgan fingerprint density at radius 3 is 2.41 bits per heavy atom. The predicted octanol–water partition coefficient (Wildman–Crippen LogP) is 2.25. The molecule has 0 aliphatic carbocycles. The highest BCUT2D eigenvalue weighted by Crippen LogP contribution is 2.16. The summed E-state index contributed by atoms with van der Waals surface area (Å²) in [4.78, 5) is 34.1. The van der Waals surface area contributed by atoms with Gasteiger partial charge in [0.25, 0.3) is 11.6 Å². The lowest BCUT2D eigenvalue weighted by Crippen LogP contribution is -2.48. The average Bonchev–Trinajstić information content (AvgIpc) is 2.65. The van der Waals surface area contributed by atoms with E-state index < -0.39 is 16.7 Å². The molecule has 0 aliphatic rings. The highest BCUT2D eigenvalue weighted by atomic mass is 32.1. The summed E-state index contributed by atoms with van der Waals surface area (Å²) in [5.74, 6) is -1.25. The topological polar surface area (TPSA) is 113 Å². The third kappa shape index (κ3) is 6.01. The maximum Gasteiger partial charge on any atom is 0.282 e. The second kappa shape index (κ2) is 9.20. The van der Waals surface area contributed by atoms with Gasteiger partial charge in [0.2, 0.25) is 5.91 Å². The van der Waals surface area contributed by atoms with Crippen LogP contribution in [-0.4, -0.2) is 21.9 Å². The summed E-state index contributed by atoms with van der Waals surface area (Å²) < 4.78 is 0. The molecule has 0 bridgehead atoms. The maximum absolute atomic E-state index is 12.0. The van der Waals surface area contributed by atoms with E-state index in [0.29, 0.717) is 0 Å². The Hall–Kier alpha value is -3.59. The second-order valence-electron chi connectivity index (χ2n) is 5.42. The fraction of sp³-hybridized carbons (Fsp3) is 0.0556. The minimum Gasteiger partial charge on any atom is -0.298 e. The van der Waals surface area contributed by atoms with Crippen LogP contribution in [-0.2, 0) is 4.79 Å². The van der Waals surface area contributed by atoms with Crippen LogP contribution >= 0.6 is 12.2 Å². The van der Waals surface area contributed by atoms with Crippen molar-refractivity contribution in [2.24, 2.45) is 0 Å². The van der Waals surface area contributed by atoms with Crippen molar-refractivity contribution in [2.45, 2.75) is 6.92 Å². The highest BCUT2D eigenvalue weighted by molar-refractivity contribution is 7.80. The van der Waals surface area contributed by atoms with E-state index in [4.69, 9.17) is 12.2 Å². The van der Waals surface area contributed by atoms with Crippen LogP contribution in [0.4, 0.5) is 5.69 Å². The summed E-state index contributed by atoms with van der Waals surface area (Å²) in [5.41, 5.74) is 6.01. The lowest BCUT2D eigenvalue weighted by Gasteiger charge is -2.09. The SMILES string of the molecule is Cc1ccc(/C=C/C(=O)NC(=S)NNC(=O)c2ccccc2[N+](=O)[O-])cc1. The molecule has 0 unspecified atom stereocenters. The van der Waals surface area contributed by atoms with Crippen LogP contribution in [0, 0.1) is 17.0 Å². The number of benzene rings is 2. The van der Waals surface area contributed by atoms with Gasteiger partial charge in [0.1, 0.15) is 5.56 Å². The predicted molar refractivity (Wildman–Crippen MR) is 105 cm³/mol. The summed E-state index contributed by atoms with van der Waals surface area (Å²) in [6.07, 6.45) is 2.91. The first-order valence-corrected chi connectivity index (χ1v) is 8.17. The number of hydrogen-bond donors (Lipinski definition) is 3. The van der Waals surface area contributed by atoms with Crippen LogP contribution in [0.5, 0.6) is 0 Å². The molecule has 2 amide bonds. The van der Waals surface area contributed by atoms with Gasteiger partial charge in [-0.05, 0) is 36.8 Å². The van der Waals surface area contributed by atoms with E-state index in [9.17, 15) is 19.7 Å². The molecule has 0 saturated carbocycles. The van der Waals surface area contributed by atoms with Gasteiger partial charge >= 0.3 is 0 Å². The normalized spacial score (nSPS) is 10.3. The van der Waals surface area contributed by atoms with E-state index in [-0.39, 0.29) is 16.4 Å². The van der Waals surface area contributed by atoms with E-state index in [1.807, 2.05) is 31.2 Å². The molecule has 2 aromatic rings. The molecule has 2 aromatic carbocycles. The zero-order chi connectivity index (χ0) is 19.8. The third-order valence-corrected chi connectivity index (χ3v) is 3.58. The molecular weight excluding hydrogens is 368 g/mol. The maximum atomic E-state index is 12.0. The van der Waals surface area contributed by atoms with E-state index in [2.05, 4.69) is 16.2 Å². The minimum absolute atomic E-state index is 0.136. The molecule has 0 atom stereocenters. The van der Waals surface area contributed by atoms with Crippen LogP contribution in [0.1, 0.15) is 21.5 Å². The monoisotopic (exact) mass is 384 g/mol. The number of amides is 2. The molecule has 0 spiro atoms. The Kier molecular flexibility index (Phi) is 6.73. The number of rotatable bonds is 4. The van der Waals surface area contributed by atoms with Crippen LogP contribution < -0.4 is 16.2 Å². The summed E-state index contributed by atoms with van der Waals surface area (Å²) in [5, 5.41) is 13.1. The van der Waals surface area contributed by atoms with E-state index in [1.165, 1.54) is 30.3 Å². The summed E-state index contributed by atoms with van der Waals surface area (Å²) in [6.45, 7) is 1.96. The van der Waals surface area contributed by atoms with Crippen LogP contribution in [0.2, 0.25) is 0 Å². The largest absolute Gasteiger partial charge is 0.298 e. The van der Waals surface area contributed by atoms with Gasteiger partial charge in [0.15, 0.2) is 5.11 Å². The van der Waals surface area contributed by atoms with Gasteiger partial charge < -0.3 is 0 Å². The van der Waals surface area contributed by atoms with Crippen molar-refractivity contribution in [3.8, 4) is 0 Å². The van der Waals surface area contributed by atoms with Crippen molar-refractivity contribution in [3.05, 3.63) is 81.4 Å². The summed E-state index contributed by atoms with van der Waals surface area (Å²) in [6, 6.07) is 13.0. The van der Waals surface area contributed by atoms with Gasteiger partial charge in [-0.2, -0.15) is 0 Å². The lowest BCUT2D eigenvalue weighted by atomic mass is 10.1. The van der Waals surface area contributed by atoms with Crippen molar-refractivity contribution in [1.82, 2.24) is 16.2 Å². The fourth-order valence-electron chi connectivity index (χ4n) is 2.04. The smallest absolute Gasteiger partial charge is 0.282 e. The zero-order valence-electron chi connectivity index (χ0n) is 14.3. The van der Waals surface area contributed by atoms with Gasteiger partial charge in [0, 0.05) is 12.1 Å². The van der Waals surface area contributed by atoms with Crippen LogP contribution in [0.15, 0.2) is 54.6 Å². The standard InChI is InChI=1S/C18H16N4O4S/c1-12-6-8-13(9-7-12)10-11-16(23)19-18(27)21-20-17(24)14-4-2-3-5-15(14)22(25)26/h2-11H,1H3,(H,20,24)(H2,19,21,23,27)/b11-10+. The van der Waals surface area contributed by atoms with Crippen molar-refractivity contribution in [3.63, 3.8) is 0 Å². The number of nitrogens with one attached hydrogen (secondary N) is 3. The fourth-order valence-corrected chi connectivity index (χ4v) is 2.19. The molecular formula is C18H16N4O4S. The van der Waals surface area contributed by atoms with Crippen molar-refractivity contribution < 1.29 is 14.5 Å². The molecule has 2 rings (SSSR count). The molecule has 27 heavy (non-hydrogen) atoms. The Morgan fingerprint density at radius 1 is 1.07 bits per heavy atom. The molecule has 0 fully saturated rings. The quantitative estimate of drug-likeness (QED) is 0.322. The van der Waals surface area contributed by atoms with E-state index in [1.54, 1.807) is 6.08 Å². The zero-order valence-corrected chi connectivity index (χ0v) is 15.1. The number of para-hydroxylation sites is 1. The Morgan fingerprint density at radius 2 is 1.74 bits per heavy atom. The lowest BCUT2D eigenvalue weighted by molar-refractivity contribution is -0.385. The van der Waals surface area contributed by atoms with Crippen molar-refractivity contribution in [2.75, 3.05) is 0 Å². The minimum atomic E-state index is -0.755. The Bertz CT molecular complexity index is 910. The number of nitro benzene ring substituents is 1. The van der Waals surface area contributed by atoms with Gasteiger partial charge in [-0.25, -0.2) is 0 Å². The van der Waals surface area contributed by atoms with Crippen LogP contribution in [0.25, 0.3) is 6.08 Å². The highest BCUT2D eigenvalue weighted by Gasteiger charge is 2.19. The van der Waals surface area contributed by atoms with Gasteiger partial charge in [-0.15, -0.1) is 0 Å². The number of hydrazine groups is 1. The number of carbonyl (C=O) groups is 2. The average molecular weight is 384 g/mol. The summed E-state index contributed by atoms with van der Waals surface area (Å²) in [7, 11) is 0. The summed E-state index contributed by atoms with van der Waals surface area (Å²) >= 11 is 4.91. The van der Waals surface area contributed by atoms with Gasteiger partial charge in [-0.1, -0.05) is 42.0 Å². The van der Waals surface area contributed by atoms with Gasteiger partial charge in [-0.3, -0.25) is 35.9 Å². The number of thiocarbonyl (C=S) groups is 1. The number of aryl methyl sites for hydroxylation is 1. The van der Waals surface area contributed by atoms with Gasteiger partial charge in [0.05, 0.1) is 4.92 Å². The number of nitrogens with zero attached hydrogens (tertiary/aromatic N) is 1. The van der Waals surface area contributed by atoms with Crippen LogP contribution in [0.3, 0.4) is 0 Å². The first kappa shape index (κ1) is 19.7. The van der Waals surface area contributed by atoms with Crippen molar-refractivity contribution in [1.29, 1.82) is 0 Å². The molecule has 0 aliphatic heterocycles. The number of nitro groups is 1. The molecule has 138 valence electrons. The van der Waals surface area contributed by atoms with E-state index >= 15 is 0 Å². The number of carbonyl (C=O) groups excluding carboxylic acids is 2. The molecule has 3 N–H and O–H groups in total. The molecule has 0 radical (unpaired) electrons. The second-order valence-corrected chi connectivity index (χ2v) is 5.82. The molecule has 0 aromatic heterocycles. The molecule has 0 saturated heterocycles. The van der Waals surface area contributed by atoms with Crippen molar-refractivity contribution >= 4 is 40.9 Å². The van der Waals surface area contributed by atoms with E-state index in [0.717, 1.165) is 11.1 Å². The first-order chi connectivity index (χ1) is 12.9. The first-order valence-electron chi connectivity index (χ1n) is 7.76.